The standard InChI is InChI=1S/C19H20BrFN2O3/c1-2-23(11-13-3-4-14(20)9-16(13)21)12-19(24)22-15-5-6-17-18(10-15)26-8-7-25-17/h3-6,9-10H,2,7-8,11-12H2,1H3,(H,22,24). The van der Waals surface area contributed by atoms with Crippen LogP contribution in [0.3, 0.4) is 0 Å². The molecule has 0 fully saturated rings. The predicted molar refractivity (Wildman–Crippen MR) is 101 cm³/mol. The fourth-order valence-electron chi connectivity index (χ4n) is 2.70. The molecular weight excluding hydrogens is 403 g/mol. The van der Waals surface area contributed by atoms with Crippen LogP contribution in [0, 0.1) is 5.82 Å². The van der Waals surface area contributed by atoms with Gasteiger partial charge in [-0.25, -0.2) is 4.39 Å². The summed E-state index contributed by atoms with van der Waals surface area (Å²) in [5.41, 5.74) is 1.20. The molecule has 1 aliphatic rings. The van der Waals surface area contributed by atoms with Crippen molar-refractivity contribution in [1.82, 2.24) is 4.90 Å². The lowest BCUT2D eigenvalue weighted by atomic mass is 10.2. The first-order valence-corrected chi connectivity index (χ1v) is 9.20. The van der Waals surface area contributed by atoms with Gasteiger partial charge in [-0.05, 0) is 30.8 Å². The zero-order valence-corrected chi connectivity index (χ0v) is 16.0. The number of anilines is 1. The molecule has 0 saturated carbocycles. The number of hydrogen-bond donors (Lipinski definition) is 1. The summed E-state index contributed by atoms with van der Waals surface area (Å²) in [7, 11) is 0. The first-order chi connectivity index (χ1) is 12.5. The zero-order chi connectivity index (χ0) is 18.5. The molecule has 0 atom stereocenters. The largest absolute Gasteiger partial charge is 0.486 e. The van der Waals surface area contributed by atoms with E-state index in [1.54, 1.807) is 30.3 Å². The van der Waals surface area contributed by atoms with Crippen molar-refractivity contribution in [3.8, 4) is 11.5 Å². The summed E-state index contributed by atoms with van der Waals surface area (Å²) in [5, 5.41) is 2.85. The Morgan fingerprint density at radius 2 is 1.96 bits per heavy atom. The number of likely N-dealkylation sites (N-methyl/N-ethyl adjacent to an activating group) is 1. The van der Waals surface area contributed by atoms with Gasteiger partial charge in [0.05, 0.1) is 6.54 Å². The molecule has 1 heterocycles. The number of hydrogen-bond acceptors (Lipinski definition) is 4. The van der Waals surface area contributed by atoms with Crippen molar-refractivity contribution in [2.24, 2.45) is 0 Å². The summed E-state index contributed by atoms with van der Waals surface area (Å²) in [5.74, 6) is 0.847. The molecule has 1 amide bonds. The van der Waals surface area contributed by atoms with Crippen LogP contribution in [0.4, 0.5) is 10.1 Å². The van der Waals surface area contributed by atoms with Crippen molar-refractivity contribution >= 4 is 27.5 Å². The minimum atomic E-state index is -0.287. The average molecular weight is 423 g/mol. The molecule has 0 bridgehead atoms. The molecule has 1 N–H and O–H groups in total. The quantitative estimate of drug-likeness (QED) is 0.768. The number of benzene rings is 2. The number of carbonyl (C=O) groups excluding carboxylic acids is 1. The Morgan fingerprint density at radius 1 is 1.19 bits per heavy atom. The van der Waals surface area contributed by atoms with Gasteiger partial charge in [-0.1, -0.05) is 28.9 Å². The van der Waals surface area contributed by atoms with Gasteiger partial charge in [-0.2, -0.15) is 0 Å². The lowest BCUT2D eigenvalue weighted by Gasteiger charge is -2.21. The average Bonchev–Trinajstić information content (AvgIpc) is 2.63. The molecule has 7 heteroatoms. The van der Waals surface area contributed by atoms with E-state index >= 15 is 0 Å². The van der Waals surface area contributed by atoms with Crippen LogP contribution in [0.25, 0.3) is 0 Å². The molecular formula is C19H20BrFN2O3. The topological polar surface area (TPSA) is 50.8 Å². The number of fused-ring (bicyclic) bond motifs is 1. The van der Waals surface area contributed by atoms with E-state index in [0.29, 0.717) is 53.5 Å². The number of ether oxygens (including phenoxy) is 2. The normalized spacial score (nSPS) is 12.9. The van der Waals surface area contributed by atoms with Crippen LogP contribution in [-0.4, -0.2) is 37.1 Å². The third-order valence-electron chi connectivity index (χ3n) is 4.05. The Morgan fingerprint density at radius 3 is 2.69 bits per heavy atom. The van der Waals surface area contributed by atoms with E-state index in [0.717, 1.165) is 0 Å². The van der Waals surface area contributed by atoms with Crippen molar-refractivity contribution in [3.63, 3.8) is 0 Å². The molecule has 2 aromatic carbocycles. The molecule has 0 radical (unpaired) electrons. The number of amides is 1. The van der Waals surface area contributed by atoms with Gasteiger partial charge in [0, 0.05) is 28.3 Å². The number of halogens is 2. The van der Waals surface area contributed by atoms with Gasteiger partial charge < -0.3 is 14.8 Å². The fourth-order valence-corrected chi connectivity index (χ4v) is 3.03. The van der Waals surface area contributed by atoms with Gasteiger partial charge in [0.2, 0.25) is 5.91 Å². The second kappa shape index (κ2) is 8.51. The first-order valence-electron chi connectivity index (χ1n) is 8.41. The maximum absolute atomic E-state index is 14.0. The molecule has 0 aliphatic carbocycles. The highest BCUT2D eigenvalue weighted by Crippen LogP contribution is 2.32. The molecule has 0 spiro atoms. The molecule has 26 heavy (non-hydrogen) atoms. The molecule has 3 rings (SSSR count). The molecule has 1 aliphatic heterocycles. The smallest absolute Gasteiger partial charge is 0.238 e. The predicted octanol–water partition coefficient (Wildman–Crippen LogP) is 3.82. The maximum atomic E-state index is 14.0. The second-order valence-electron chi connectivity index (χ2n) is 5.95. The summed E-state index contributed by atoms with van der Waals surface area (Å²) in [6.07, 6.45) is 0. The van der Waals surface area contributed by atoms with Crippen molar-refractivity contribution in [2.45, 2.75) is 13.5 Å². The van der Waals surface area contributed by atoms with E-state index in [2.05, 4.69) is 21.2 Å². The molecule has 0 unspecified atom stereocenters. The van der Waals surface area contributed by atoms with Crippen LogP contribution in [-0.2, 0) is 11.3 Å². The SMILES string of the molecule is CCN(CC(=O)Nc1ccc2c(c1)OCCO2)Cc1ccc(Br)cc1F. The fraction of sp³-hybridized carbons (Fsp3) is 0.316. The van der Waals surface area contributed by atoms with Crippen molar-refractivity contribution < 1.29 is 18.7 Å². The Balaban J connectivity index is 1.60. The minimum Gasteiger partial charge on any atom is -0.486 e. The van der Waals surface area contributed by atoms with E-state index < -0.39 is 0 Å². The molecule has 0 saturated heterocycles. The van der Waals surface area contributed by atoms with E-state index in [9.17, 15) is 9.18 Å². The lowest BCUT2D eigenvalue weighted by molar-refractivity contribution is -0.117. The number of nitrogens with zero attached hydrogens (tertiary/aromatic N) is 1. The summed E-state index contributed by atoms with van der Waals surface area (Å²) >= 11 is 3.25. The number of carbonyl (C=O) groups is 1. The van der Waals surface area contributed by atoms with Gasteiger partial charge in [0.1, 0.15) is 19.0 Å². The Kier molecular flexibility index (Phi) is 6.11. The van der Waals surface area contributed by atoms with Gasteiger partial charge in [-0.3, -0.25) is 9.69 Å². The zero-order valence-electron chi connectivity index (χ0n) is 14.4. The van der Waals surface area contributed by atoms with Gasteiger partial charge >= 0.3 is 0 Å². The maximum Gasteiger partial charge on any atom is 0.238 e. The summed E-state index contributed by atoms with van der Waals surface area (Å²) < 4.78 is 25.7. The van der Waals surface area contributed by atoms with E-state index in [4.69, 9.17) is 9.47 Å². The monoisotopic (exact) mass is 422 g/mol. The highest BCUT2D eigenvalue weighted by atomic mass is 79.9. The molecule has 5 nitrogen and oxygen atoms in total. The van der Waals surface area contributed by atoms with Crippen LogP contribution in [0.2, 0.25) is 0 Å². The summed E-state index contributed by atoms with van der Waals surface area (Å²) in [6, 6.07) is 10.2. The van der Waals surface area contributed by atoms with Crippen molar-refractivity contribution in [3.05, 3.63) is 52.3 Å². The third kappa shape index (κ3) is 4.74. The minimum absolute atomic E-state index is 0.166. The Labute approximate surface area is 160 Å². The summed E-state index contributed by atoms with van der Waals surface area (Å²) in [4.78, 5) is 14.2. The van der Waals surface area contributed by atoms with Crippen molar-refractivity contribution in [1.29, 1.82) is 0 Å². The third-order valence-corrected chi connectivity index (χ3v) is 4.54. The van der Waals surface area contributed by atoms with Crippen LogP contribution in [0.15, 0.2) is 40.9 Å². The van der Waals surface area contributed by atoms with Gasteiger partial charge in [-0.15, -0.1) is 0 Å². The Hall–Kier alpha value is -2.12. The van der Waals surface area contributed by atoms with Gasteiger partial charge in [0.25, 0.3) is 0 Å². The highest BCUT2D eigenvalue weighted by Gasteiger charge is 2.15. The lowest BCUT2D eigenvalue weighted by Crippen LogP contribution is -2.33. The Bertz CT molecular complexity index is 800. The van der Waals surface area contributed by atoms with Crippen LogP contribution in [0.5, 0.6) is 11.5 Å². The van der Waals surface area contributed by atoms with Gasteiger partial charge in [0.15, 0.2) is 11.5 Å². The van der Waals surface area contributed by atoms with Crippen LogP contribution < -0.4 is 14.8 Å². The first kappa shape index (κ1) is 18.7. The van der Waals surface area contributed by atoms with E-state index in [1.165, 1.54) is 6.07 Å². The van der Waals surface area contributed by atoms with Crippen LogP contribution in [0.1, 0.15) is 12.5 Å². The van der Waals surface area contributed by atoms with E-state index in [1.807, 2.05) is 11.8 Å². The summed E-state index contributed by atoms with van der Waals surface area (Å²) in [6.45, 7) is 4.12. The van der Waals surface area contributed by atoms with E-state index in [-0.39, 0.29) is 18.3 Å². The molecule has 0 aromatic heterocycles. The molecule has 138 valence electrons. The number of nitrogens with one attached hydrogen (secondary N) is 1. The second-order valence-corrected chi connectivity index (χ2v) is 6.86. The molecule has 2 aromatic rings. The van der Waals surface area contributed by atoms with Crippen LogP contribution >= 0.6 is 15.9 Å². The number of rotatable bonds is 6. The highest BCUT2D eigenvalue weighted by molar-refractivity contribution is 9.10. The van der Waals surface area contributed by atoms with Crippen molar-refractivity contribution in [2.75, 3.05) is 31.6 Å².